The van der Waals surface area contributed by atoms with Gasteiger partial charge in [0.2, 0.25) is 0 Å². The number of aromatic hydroxyl groups is 1. The molecule has 0 aliphatic heterocycles. The van der Waals surface area contributed by atoms with E-state index < -0.39 is 0 Å². The maximum atomic E-state index is 13.2. The van der Waals surface area contributed by atoms with E-state index in [2.05, 4.69) is 45.8 Å². The molecule has 8 N–H and O–H groups in total. The smallest absolute Gasteiger partial charge is 0.350 e. The van der Waals surface area contributed by atoms with Crippen molar-refractivity contribution in [3.63, 3.8) is 0 Å². The molecule has 6 aromatic rings. The number of nitrogen functional groups attached to an aromatic ring is 1. The van der Waals surface area contributed by atoms with E-state index in [1.165, 1.54) is 0 Å². The number of phenols is 1. The molecule has 0 fully saturated rings. The van der Waals surface area contributed by atoms with E-state index in [1.54, 1.807) is 24.7 Å². The van der Waals surface area contributed by atoms with Gasteiger partial charge < -0.3 is 32.5 Å². The summed E-state index contributed by atoms with van der Waals surface area (Å²) in [6.07, 6.45) is 7.03. The molecule has 4 heterocycles. The third kappa shape index (κ3) is 3.75. The van der Waals surface area contributed by atoms with Crippen LogP contribution < -0.4 is 28.7 Å². The molecule has 36 heavy (non-hydrogen) atoms. The molecule has 9 nitrogen and oxygen atoms in total. The molecule has 4 aromatic heterocycles. The lowest BCUT2D eigenvalue weighted by Crippen LogP contribution is -3.00. The van der Waals surface area contributed by atoms with E-state index in [0.29, 0.717) is 22.9 Å². The van der Waals surface area contributed by atoms with Crippen molar-refractivity contribution in [2.75, 3.05) is 5.73 Å². The van der Waals surface area contributed by atoms with E-state index in [0.717, 1.165) is 43.1 Å². The highest BCUT2D eigenvalue weighted by Crippen LogP contribution is 2.39. The number of nitrogens with zero attached hydrogens (tertiary/aromatic N) is 1. The van der Waals surface area contributed by atoms with Gasteiger partial charge in [-0.1, -0.05) is 35.0 Å². The maximum Gasteiger partial charge on any atom is 0.350 e. The van der Waals surface area contributed by atoms with Crippen LogP contribution in [0.25, 0.3) is 44.3 Å². The number of nitrogens with one attached hydrogen (secondary N) is 5. The summed E-state index contributed by atoms with van der Waals surface area (Å²) in [6.45, 7) is 2.04. The Bertz CT molecular complexity index is 1800. The summed E-state index contributed by atoms with van der Waals surface area (Å²) in [7, 11) is 0. The first kappa shape index (κ1) is 23.7. The fraction of sp³-hybridized carbons (Fsp3) is 0.0800. The summed E-state index contributed by atoms with van der Waals surface area (Å²) in [4.78, 5) is 33.1. The highest BCUT2D eigenvalue weighted by Gasteiger charge is 2.22. The fourth-order valence-corrected chi connectivity index (χ4v) is 5.00. The van der Waals surface area contributed by atoms with Crippen molar-refractivity contribution in [3.05, 3.63) is 81.2 Å². The van der Waals surface area contributed by atoms with Crippen molar-refractivity contribution in [3.8, 4) is 28.3 Å². The number of anilines is 1. The minimum atomic E-state index is -0.304. The van der Waals surface area contributed by atoms with Crippen LogP contribution in [0.1, 0.15) is 24.1 Å². The van der Waals surface area contributed by atoms with Crippen molar-refractivity contribution >= 4 is 43.7 Å². The number of aromatic nitrogens is 6. The molecule has 0 radical (unpaired) electrons. The van der Waals surface area contributed by atoms with Gasteiger partial charge in [0.25, 0.3) is 5.56 Å². The highest BCUT2D eigenvalue weighted by molar-refractivity contribution is 9.10. The summed E-state index contributed by atoms with van der Waals surface area (Å²) in [5.41, 5.74) is 11.2. The van der Waals surface area contributed by atoms with E-state index in [1.807, 2.05) is 37.4 Å². The molecular formula is C25H21BrClN7O2. The molecule has 182 valence electrons. The Hall–Kier alpha value is -4.02. The molecule has 2 aromatic carbocycles. The summed E-state index contributed by atoms with van der Waals surface area (Å²) < 4.78 is 0.947. The Morgan fingerprint density at radius 3 is 2.67 bits per heavy atom. The van der Waals surface area contributed by atoms with Crippen molar-refractivity contribution in [1.82, 2.24) is 24.9 Å². The fourth-order valence-electron chi connectivity index (χ4n) is 4.64. The van der Waals surface area contributed by atoms with E-state index in [9.17, 15) is 9.90 Å². The van der Waals surface area contributed by atoms with Crippen molar-refractivity contribution in [1.29, 1.82) is 0 Å². The largest absolute Gasteiger partial charge is 1.00 e. The molecule has 0 aliphatic rings. The van der Waals surface area contributed by atoms with Crippen molar-refractivity contribution in [2.45, 2.75) is 12.8 Å². The second-order valence-corrected chi connectivity index (χ2v) is 9.41. The SMILES string of the molecule is CC(c1c[nH+]c(N)[nH]1)c1ccc(O)c2[nH]cc(-c3cnc(-c4c[nH]c5cc(Br)ccc45)c(=O)[nH]3)c12.[Cl-]. The van der Waals surface area contributed by atoms with Crippen LogP contribution in [0.5, 0.6) is 5.75 Å². The number of rotatable bonds is 4. The zero-order valence-corrected chi connectivity index (χ0v) is 21.3. The first-order valence-corrected chi connectivity index (χ1v) is 11.8. The van der Waals surface area contributed by atoms with Crippen LogP contribution in [0.2, 0.25) is 0 Å². The number of aromatic amines is 5. The van der Waals surface area contributed by atoms with Gasteiger partial charge in [-0.3, -0.25) is 10.5 Å². The average molecular weight is 567 g/mol. The van der Waals surface area contributed by atoms with Crippen LogP contribution in [0.15, 0.2) is 64.4 Å². The molecule has 0 saturated heterocycles. The highest BCUT2D eigenvalue weighted by atomic mass is 79.9. The average Bonchev–Trinajstić information content (AvgIpc) is 3.57. The first-order valence-electron chi connectivity index (χ1n) is 11.0. The van der Waals surface area contributed by atoms with Gasteiger partial charge in [-0.15, -0.1) is 0 Å². The Morgan fingerprint density at radius 1 is 1.11 bits per heavy atom. The lowest BCUT2D eigenvalue weighted by Gasteiger charge is -2.12. The second-order valence-electron chi connectivity index (χ2n) is 8.50. The molecule has 0 bridgehead atoms. The quantitative estimate of drug-likeness (QED) is 0.191. The lowest BCUT2D eigenvalue weighted by atomic mass is 9.92. The predicted octanol–water partition coefficient (Wildman–Crippen LogP) is 1.41. The van der Waals surface area contributed by atoms with Gasteiger partial charge in [-0.25, -0.2) is 15.0 Å². The zero-order valence-electron chi connectivity index (χ0n) is 18.9. The number of H-pyrrole nitrogens is 5. The van der Waals surface area contributed by atoms with Crippen molar-refractivity contribution < 1.29 is 22.5 Å². The molecule has 0 amide bonds. The molecule has 1 unspecified atom stereocenters. The van der Waals surface area contributed by atoms with E-state index in [-0.39, 0.29) is 29.6 Å². The van der Waals surface area contributed by atoms with Crippen LogP contribution in [0, 0.1) is 0 Å². The van der Waals surface area contributed by atoms with Crippen LogP contribution in [0.3, 0.4) is 0 Å². The molecule has 0 saturated carbocycles. The van der Waals surface area contributed by atoms with E-state index in [4.69, 9.17) is 5.73 Å². The van der Waals surface area contributed by atoms with Gasteiger partial charge in [0.1, 0.15) is 17.1 Å². The number of hydrogen-bond donors (Lipinski definition) is 6. The van der Waals surface area contributed by atoms with Gasteiger partial charge in [-0.2, -0.15) is 0 Å². The van der Waals surface area contributed by atoms with Crippen LogP contribution in [0.4, 0.5) is 5.95 Å². The minimum Gasteiger partial charge on any atom is -1.00 e. The van der Waals surface area contributed by atoms with Gasteiger partial charge >= 0.3 is 5.95 Å². The number of imidazole rings is 1. The van der Waals surface area contributed by atoms with E-state index >= 15 is 0 Å². The number of hydrogen-bond acceptors (Lipinski definition) is 4. The van der Waals surface area contributed by atoms with Crippen molar-refractivity contribution in [2.24, 2.45) is 0 Å². The zero-order chi connectivity index (χ0) is 24.3. The summed E-state index contributed by atoms with van der Waals surface area (Å²) in [5.74, 6) is 0.521. The number of halogens is 2. The molecule has 0 spiro atoms. The van der Waals surface area contributed by atoms with Gasteiger partial charge in [0.15, 0.2) is 0 Å². The molecule has 11 heteroatoms. The topological polar surface area (TPSA) is 154 Å². The summed E-state index contributed by atoms with van der Waals surface area (Å²) in [5, 5.41) is 12.2. The maximum absolute atomic E-state index is 13.2. The van der Waals surface area contributed by atoms with Crippen LogP contribution in [-0.2, 0) is 0 Å². The Balaban J connectivity index is 0.00000267. The normalized spacial score (nSPS) is 12.2. The Kier molecular flexibility index (Phi) is 5.85. The third-order valence-electron chi connectivity index (χ3n) is 6.42. The number of fused-ring (bicyclic) bond motifs is 2. The molecule has 0 aliphatic carbocycles. The number of nitrogens with two attached hydrogens (primary N) is 1. The molecule has 6 rings (SSSR count). The standard InChI is InChI=1S/C25H20BrN7O2.ClH/c1-11(18-9-31-25(27)33-18)13-4-5-20(34)23-21(13)16(8-29-23)19-10-30-22(24(35)32-19)15-7-28-17-6-12(26)2-3-14(15)17;/h2-11,28-29,34H,1H3,(H,32,35)(H3,27,31,33);1H. The lowest BCUT2D eigenvalue weighted by molar-refractivity contribution is -0.358. The Labute approximate surface area is 218 Å². The first-order chi connectivity index (χ1) is 16.9. The second kappa shape index (κ2) is 8.89. The number of benzene rings is 2. The van der Waals surface area contributed by atoms with Gasteiger partial charge in [0.05, 0.1) is 23.6 Å². The third-order valence-corrected chi connectivity index (χ3v) is 6.91. The van der Waals surface area contributed by atoms with Crippen LogP contribution in [-0.4, -0.2) is 30.0 Å². The van der Waals surface area contributed by atoms with Gasteiger partial charge in [-0.05, 0) is 23.8 Å². The minimum absolute atomic E-state index is 0. The predicted molar refractivity (Wildman–Crippen MR) is 138 cm³/mol. The molecular weight excluding hydrogens is 546 g/mol. The summed E-state index contributed by atoms with van der Waals surface area (Å²) >= 11 is 3.47. The molecule has 1 atom stereocenters. The monoisotopic (exact) mass is 565 g/mol. The Morgan fingerprint density at radius 2 is 1.92 bits per heavy atom. The van der Waals surface area contributed by atoms with Crippen LogP contribution >= 0.6 is 15.9 Å². The summed E-state index contributed by atoms with van der Waals surface area (Å²) in [6, 6.07) is 9.36. The van der Waals surface area contributed by atoms with Gasteiger partial charge in [0, 0.05) is 50.2 Å². The number of phenolic OH excluding ortho intramolecular Hbond substituents is 1.